The first kappa shape index (κ1) is 13.0. The van der Waals surface area contributed by atoms with Crippen molar-refractivity contribution in [2.75, 3.05) is 6.54 Å². The minimum Gasteiger partial charge on any atom is -0.310 e. The zero-order valence-electron chi connectivity index (χ0n) is 9.17. The van der Waals surface area contributed by atoms with Crippen LogP contribution in [0.1, 0.15) is 12.2 Å². The summed E-state index contributed by atoms with van der Waals surface area (Å²) >= 11 is 1.28. The van der Waals surface area contributed by atoms with Crippen LogP contribution in [0.25, 0.3) is 10.2 Å². The van der Waals surface area contributed by atoms with Crippen LogP contribution in [0.4, 0.5) is 13.2 Å². The van der Waals surface area contributed by atoms with Crippen LogP contribution < -0.4 is 10.9 Å². The number of thiophene rings is 1. The summed E-state index contributed by atoms with van der Waals surface area (Å²) in [6, 6.07) is 1.70. The molecule has 2 N–H and O–H groups in total. The van der Waals surface area contributed by atoms with E-state index in [0.29, 0.717) is 16.0 Å². The van der Waals surface area contributed by atoms with E-state index in [9.17, 15) is 18.0 Å². The van der Waals surface area contributed by atoms with Gasteiger partial charge in [0, 0.05) is 6.54 Å². The second-order valence-corrected chi connectivity index (χ2v) is 4.61. The molecule has 2 heterocycles. The smallest absolute Gasteiger partial charge is 0.310 e. The quantitative estimate of drug-likeness (QED) is 0.841. The normalized spacial score (nSPS) is 12.2. The molecule has 8 heteroatoms. The molecule has 2 rings (SSSR count). The summed E-state index contributed by atoms with van der Waals surface area (Å²) in [6.07, 6.45) is -5.08. The second kappa shape index (κ2) is 5.07. The Kier molecular flexibility index (Phi) is 3.67. The number of alkyl halides is 3. The molecule has 0 bridgehead atoms. The van der Waals surface area contributed by atoms with E-state index >= 15 is 0 Å². The molecule has 0 aliphatic heterocycles. The minimum atomic E-state index is -4.18. The van der Waals surface area contributed by atoms with E-state index in [1.165, 1.54) is 11.3 Å². The van der Waals surface area contributed by atoms with Crippen molar-refractivity contribution in [3.8, 4) is 0 Å². The van der Waals surface area contributed by atoms with E-state index < -0.39 is 12.6 Å². The van der Waals surface area contributed by atoms with Gasteiger partial charge in [0.05, 0.1) is 18.5 Å². The molecule has 0 aromatic carbocycles. The van der Waals surface area contributed by atoms with Crippen molar-refractivity contribution in [2.24, 2.45) is 0 Å². The fraction of sp³-hybridized carbons (Fsp3) is 0.400. The fourth-order valence-corrected chi connectivity index (χ4v) is 2.17. The highest BCUT2D eigenvalue weighted by Crippen LogP contribution is 2.18. The molecule has 0 aliphatic carbocycles. The Hall–Kier alpha value is -1.41. The van der Waals surface area contributed by atoms with Gasteiger partial charge >= 0.3 is 6.18 Å². The molecular weight excluding hydrogens is 267 g/mol. The Morgan fingerprint density at radius 1 is 1.44 bits per heavy atom. The molecule has 0 radical (unpaired) electrons. The van der Waals surface area contributed by atoms with Crippen LogP contribution in [-0.4, -0.2) is 22.7 Å². The third-order valence-electron chi connectivity index (χ3n) is 2.24. The van der Waals surface area contributed by atoms with Crippen LogP contribution in [0.5, 0.6) is 0 Å². The molecule has 0 spiro atoms. The lowest BCUT2D eigenvalue weighted by atomic mass is 10.4. The highest BCUT2D eigenvalue weighted by Gasteiger charge is 2.25. The van der Waals surface area contributed by atoms with Crippen molar-refractivity contribution in [1.82, 2.24) is 15.3 Å². The Bertz CT molecular complexity index is 590. The molecule has 0 atom stereocenters. The molecule has 2 aromatic heterocycles. The molecule has 0 unspecified atom stereocenters. The number of hydrogen-bond donors (Lipinski definition) is 2. The number of halogens is 3. The van der Waals surface area contributed by atoms with Gasteiger partial charge < -0.3 is 10.3 Å². The van der Waals surface area contributed by atoms with Crippen molar-refractivity contribution < 1.29 is 13.2 Å². The number of nitrogens with one attached hydrogen (secondary N) is 2. The lowest BCUT2D eigenvalue weighted by Crippen LogP contribution is -2.23. The zero-order chi connectivity index (χ0) is 13.2. The monoisotopic (exact) mass is 277 g/mol. The standard InChI is InChI=1S/C10H10F3N3OS/c11-10(12,13)2-3-14-5-7-15-6-1-4-18-8(6)9(17)16-7/h1,4,14H,2-3,5H2,(H,15,16,17). The Balaban J connectivity index is 1.98. The van der Waals surface area contributed by atoms with Gasteiger partial charge in [-0.05, 0) is 11.4 Å². The van der Waals surface area contributed by atoms with Crippen LogP contribution in [-0.2, 0) is 6.54 Å². The summed E-state index contributed by atoms with van der Waals surface area (Å²) in [6.45, 7) is -0.0913. The fourth-order valence-electron chi connectivity index (χ4n) is 1.44. The molecule has 2 aromatic rings. The lowest BCUT2D eigenvalue weighted by Gasteiger charge is -2.07. The largest absolute Gasteiger partial charge is 0.390 e. The highest BCUT2D eigenvalue weighted by molar-refractivity contribution is 7.17. The van der Waals surface area contributed by atoms with E-state index in [-0.39, 0.29) is 18.6 Å². The Labute approximate surface area is 104 Å². The van der Waals surface area contributed by atoms with Gasteiger partial charge in [0.15, 0.2) is 0 Å². The van der Waals surface area contributed by atoms with Crippen molar-refractivity contribution in [2.45, 2.75) is 19.1 Å². The average molecular weight is 277 g/mol. The first-order valence-electron chi connectivity index (χ1n) is 5.19. The van der Waals surface area contributed by atoms with Crippen molar-refractivity contribution in [3.63, 3.8) is 0 Å². The molecule has 0 amide bonds. The van der Waals surface area contributed by atoms with E-state index in [1.54, 1.807) is 11.4 Å². The first-order valence-corrected chi connectivity index (χ1v) is 6.07. The third kappa shape index (κ3) is 3.30. The van der Waals surface area contributed by atoms with Gasteiger partial charge in [0.2, 0.25) is 0 Å². The van der Waals surface area contributed by atoms with Crippen LogP contribution >= 0.6 is 11.3 Å². The SMILES string of the molecule is O=c1[nH]c(CNCCC(F)(F)F)nc2ccsc12. The van der Waals surface area contributed by atoms with Crippen LogP contribution in [0, 0.1) is 0 Å². The maximum Gasteiger partial charge on any atom is 0.390 e. The molecule has 18 heavy (non-hydrogen) atoms. The van der Waals surface area contributed by atoms with Gasteiger partial charge in [-0.15, -0.1) is 11.3 Å². The molecule has 98 valence electrons. The van der Waals surface area contributed by atoms with Crippen molar-refractivity contribution in [1.29, 1.82) is 0 Å². The number of nitrogens with zero attached hydrogens (tertiary/aromatic N) is 1. The number of aromatic amines is 1. The average Bonchev–Trinajstić information content (AvgIpc) is 2.71. The van der Waals surface area contributed by atoms with Crippen molar-refractivity contribution >= 4 is 21.6 Å². The summed E-state index contributed by atoms with van der Waals surface area (Å²) in [5, 5.41) is 4.34. The van der Waals surface area contributed by atoms with Gasteiger partial charge in [-0.1, -0.05) is 0 Å². The van der Waals surface area contributed by atoms with E-state index in [1.807, 2.05) is 0 Å². The molecule has 0 saturated carbocycles. The second-order valence-electron chi connectivity index (χ2n) is 3.69. The van der Waals surface area contributed by atoms with Gasteiger partial charge in [-0.2, -0.15) is 13.2 Å². The minimum absolute atomic E-state index is 0.108. The van der Waals surface area contributed by atoms with Crippen LogP contribution in [0.3, 0.4) is 0 Å². The van der Waals surface area contributed by atoms with Crippen LogP contribution in [0.2, 0.25) is 0 Å². The summed E-state index contributed by atoms with van der Waals surface area (Å²) in [7, 11) is 0. The molecule has 0 aliphatic rings. The third-order valence-corrected chi connectivity index (χ3v) is 3.14. The van der Waals surface area contributed by atoms with E-state index in [0.717, 1.165) is 0 Å². The predicted octanol–water partition coefficient (Wildman–Crippen LogP) is 2.03. The molecular formula is C10H10F3N3OS. The number of H-pyrrole nitrogens is 1. The van der Waals surface area contributed by atoms with Gasteiger partial charge in [0.1, 0.15) is 10.5 Å². The topological polar surface area (TPSA) is 57.8 Å². The maximum atomic E-state index is 11.9. The number of aromatic nitrogens is 2. The number of rotatable bonds is 4. The summed E-state index contributed by atoms with van der Waals surface area (Å²) in [4.78, 5) is 18.2. The maximum absolute atomic E-state index is 11.9. The van der Waals surface area contributed by atoms with Crippen LogP contribution in [0.15, 0.2) is 16.2 Å². The number of fused-ring (bicyclic) bond motifs is 1. The Morgan fingerprint density at radius 2 is 2.22 bits per heavy atom. The first-order chi connectivity index (χ1) is 8.46. The molecule has 0 saturated heterocycles. The van der Waals surface area contributed by atoms with Gasteiger partial charge in [-0.25, -0.2) is 4.98 Å². The van der Waals surface area contributed by atoms with Gasteiger partial charge in [0.25, 0.3) is 5.56 Å². The lowest BCUT2D eigenvalue weighted by molar-refractivity contribution is -0.133. The molecule has 0 fully saturated rings. The highest BCUT2D eigenvalue weighted by atomic mass is 32.1. The van der Waals surface area contributed by atoms with E-state index in [2.05, 4.69) is 15.3 Å². The predicted molar refractivity (Wildman–Crippen MR) is 62.6 cm³/mol. The number of hydrogen-bond acceptors (Lipinski definition) is 4. The van der Waals surface area contributed by atoms with Gasteiger partial charge in [-0.3, -0.25) is 4.79 Å². The Morgan fingerprint density at radius 3 is 2.94 bits per heavy atom. The summed E-state index contributed by atoms with van der Waals surface area (Å²) in [5.74, 6) is 0.341. The van der Waals surface area contributed by atoms with Crippen molar-refractivity contribution in [3.05, 3.63) is 27.6 Å². The zero-order valence-corrected chi connectivity index (χ0v) is 9.99. The molecule has 4 nitrogen and oxygen atoms in total. The summed E-state index contributed by atoms with van der Waals surface area (Å²) < 4.78 is 36.2. The van der Waals surface area contributed by atoms with E-state index in [4.69, 9.17) is 0 Å². The summed E-state index contributed by atoms with van der Waals surface area (Å²) in [5.41, 5.74) is 0.305.